The van der Waals surface area contributed by atoms with Gasteiger partial charge in [0.15, 0.2) is 0 Å². The summed E-state index contributed by atoms with van der Waals surface area (Å²) in [5, 5.41) is 11.6. The van der Waals surface area contributed by atoms with Crippen LogP contribution in [0.2, 0.25) is 0 Å². The van der Waals surface area contributed by atoms with Crippen molar-refractivity contribution in [3.63, 3.8) is 0 Å². The Morgan fingerprint density at radius 3 is 2.77 bits per heavy atom. The summed E-state index contributed by atoms with van der Waals surface area (Å²) < 4.78 is 7.50. The molecule has 0 unspecified atom stereocenters. The van der Waals surface area contributed by atoms with Gasteiger partial charge < -0.3 is 24.3 Å². The topological polar surface area (TPSA) is 83.4 Å². The molecule has 3 aromatic rings. The maximum atomic E-state index is 13.1. The summed E-state index contributed by atoms with van der Waals surface area (Å²) in [7, 11) is 1.71. The van der Waals surface area contributed by atoms with Gasteiger partial charge in [-0.05, 0) is 56.4 Å². The lowest BCUT2D eigenvalue weighted by Gasteiger charge is -2.33. The zero-order chi connectivity index (χ0) is 21.3. The molecule has 4 rings (SSSR count). The van der Waals surface area contributed by atoms with E-state index in [1.807, 2.05) is 23.1 Å². The van der Waals surface area contributed by atoms with E-state index >= 15 is 0 Å². The molecule has 0 radical (unpaired) electrons. The van der Waals surface area contributed by atoms with E-state index in [9.17, 15) is 9.90 Å². The molecule has 1 fully saturated rings. The second-order valence-electron chi connectivity index (χ2n) is 8.14. The van der Waals surface area contributed by atoms with Crippen molar-refractivity contribution in [3.8, 4) is 0 Å². The fraction of sp³-hybridized carbons (Fsp3) is 0.478. The molecule has 1 saturated heterocycles. The Morgan fingerprint density at radius 1 is 1.33 bits per heavy atom. The van der Waals surface area contributed by atoms with Gasteiger partial charge in [-0.2, -0.15) is 0 Å². The molecule has 0 bridgehead atoms. The lowest BCUT2D eigenvalue weighted by molar-refractivity contribution is 0.0434. The van der Waals surface area contributed by atoms with Crippen molar-refractivity contribution in [1.82, 2.24) is 19.4 Å². The maximum Gasteiger partial charge on any atom is 0.253 e. The molecule has 1 aliphatic rings. The minimum Gasteiger partial charge on any atom is -0.385 e. The highest BCUT2D eigenvalue weighted by atomic mass is 16.5. The van der Waals surface area contributed by atoms with Gasteiger partial charge in [-0.15, -0.1) is 0 Å². The minimum atomic E-state index is -0.605. The van der Waals surface area contributed by atoms with Crippen molar-refractivity contribution in [2.24, 2.45) is 5.92 Å². The summed E-state index contributed by atoms with van der Waals surface area (Å²) in [4.78, 5) is 22.2. The molecule has 2 N–H and O–H groups in total. The number of H-pyrrole nitrogens is 1. The molecule has 7 nitrogen and oxygen atoms in total. The number of rotatable bonds is 6. The number of hydrogen-bond acceptors (Lipinski definition) is 4. The Labute approximate surface area is 176 Å². The first-order chi connectivity index (χ1) is 14.5. The fourth-order valence-corrected chi connectivity index (χ4v) is 4.52. The number of aromatic amines is 1. The zero-order valence-electron chi connectivity index (χ0n) is 17.9. The number of aliphatic hydroxyl groups excluding tert-OH is 1. The van der Waals surface area contributed by atoms with E-state index in [2.05, 4.69) is 28.4 Å². The predicted molar refractivity (Wildman–Crippen MR) is 115 cm³/mol. The Morgan fingerprint density at radius 2 is 2.10 bits per heavy atom. The summed E-state index contributed by atoms with van der Waals surface area (Å²) >= 11 is 0. The number of amides is 1. The van der Waals surface area contributed by atoms with Gasteiger partial charge in [0.2, 0.25) is 0 Å². The van der Waals surface area contributed by atoms with Crippen LogP contribution >= 0.6 is 0 Å². The monoisotopic (exact) mass is 410 g/mol. The number of carbonyl (C=O) groups is 1. The van der Waals surface area contributed by atoms with Gasteiger partial charge in [-0.25, -0.2) is 4.98 Å². The number of nitrogens with one attached hydrogen (secondary N) is 1. The number of nitrogens with zero attached hydrogens (tertiary/aromatic N) is 3. The van der Waals surface area contributed by atoms with Gasteiger partial charge in [0, 0.05) is 61.3 Å². The maximum absolute atomic E-state index is 13.1. The fourth-order valence-electron chi connectivity index (χ4n) is 4.52. The number of aliphatic hydroxyl groups is 1. The molecular formula is C23H30N4O3. The molecule has 7 heteroatoms. The quantitative estimate of drug-likeness (QED) is 0.654. The molecule has 1 aliphatic heterocycles. The molecule has 0 spiro atoms. The molecule has 1 amide bonds. The molecule has 1 atom stereocenters. The number of imidazole rings is 1. The standard InChI is InChI=1S/C23H30N4O3/c1-15-16(2)27(12-13-30-3)20-5-4-18(14-19(15)20)23(29)26-10-6-17(7-11-26)21(28)22-24-8-9-25-22/h4-5,8-9,14,17,21,28H,6-7,10-13H2,1-3H3,(H,24,25)/t21-/m0/s1. The molecule has 1 aromatic carbocycles. The smallest absolute Gasteiger partial charge is 0.253 e. The van der Waals surface area contributed by atoms with Crippen molar-refractivity contribution in [2.45, 2.75) is 39.3 Å². The number of piperidine rings is 1. The van der Waals surface area contributed by atoms with Gasteiger partial charge in [0.25, 0.3) is 5.91 Å². The molecule has 0 saturated carbocycles. The number of ether oxygens (including phenoxy) is 1. The highest BCUT2D eigenvalue weighted by Crippen LogP contribution is 2.31. The van der Waals surface area contributed by atoms with E-state index in [-0.39, 0.29) is 11.8 Å². The number of benzene rings is 1. The Hall–Kier alpha value is -2.64. The Balaban J connectivity index is 1.48. The van der Waals surface area contributed by atoms with Crippen molar-refractivity contribution in [3.05, 3.63) is 53.2 Å². The molecule has 30 heavy (non-hydrogen) atoms. The van der Waals surface area contributed by atoms with Crippen LogP contribution in [0.3, 0.4) is 0 Å². The van der Waals surface area contributed by atoms with Crippen molar-refractivity contribution >= 4 is 16.8 Å². The van der Waals surface area contributed by atoms with Crippen LogP contribution in [-0.2, 0) is 11.3 Å². The SMILES string of the molecule is COCCn1c(C)c(C)c2cc(C(=O)N3CCC([C@H](O)c4ncc[nH]4)CC3)ccc21. The first-order valence-electron chi connectivity index (χ1n) is 10.6. The van der Waals surface area contributed by atoms with E-state index in [0.29, 0.717) is 25.5 Å². The molecule has 2 aromatic heterocycles. The number of methoxy groups -OCH3 is 1. The van der Waals surface area contributed by atoms with Crippen LogP contribution in [0.1, 0.15) is 46.4 Å². The first kappa shape index (κ1) is 20.6. The number of aromatic nitrogens is 3. The summed E-state index contributed by atoms with van der Waals surface area (Å²) in [6.45, 7) is 6.96. The first-order valence-corrected chi connectivity index (χ1v) is 10.6. The van der Waals surface area contributed by atoms with E-state index in [1.54, 1.807) is 19.5 Å². The number of carbonyl (C=O) groups excluding carboxylic acids is 1. The Kier molecular flexibility index (Phi) is 5.92. The summed E-state index contributed by atoms with van der Waals surface area (Å²) in [5.74, 6) is 0.779. The highest BCUT2D eigenvalue weighted by molar-refractivity contribution is 5.99. The molecular weight excluding hydrogens is 380 g/mol. The minimum absolute atomic E-state index is 0.0598. The van der Waals surface area contributed by atoms with E-state index in [0.717, 1.165) is 35.9 Å². The third-order valence-corrected chi connectivity index (χ3v) is 6.48. The van der Waals surface area contributed by atoms with Crippen LogP contribution in [0.15, 0.2) is 30.6 Å². The van der Waals surface area contributed by atoms with E-state index < -0.39 is 6.10 Å². The third kappa shape index (κ3) is 3.75. The van der Waals surface area contributed by atoms with Crippen molar-refractivity contribution in [2.75, 3.05) is 26.8 Å². The zero-order valence-corrected chi connectivity index (χ0v) is 17.9. The number of likely N-dealkylation sites (tertiary alicyclic amines) is 1. The van der Waals surface area contributed by atoms with Crippen LogP contribution in [0.25, 0.3) is 10.9 Å². The lowest BCUT2D eigenvalue weighted by atomic mass is 9.90. The predicted octanol–water partition coefficient (Wildman–Crippen LogP) is 3.21. The van der Waals surface area contributed by atoms with Crippen LogP contribution in [0.5, 0.6) is 0 Å². The second kappa shape index (κ2) is 8.62. The largest absolute Gasteiger partial charge is 0.385 e. The highest BCUT2D eigenvalue weighted by Gasteiger charge is 2.30. The van der Waals surface area contributed by atoms with Crippen LogP contribution in [0, 0.1) is 19.8 Å². The number of hydrogen-bond donors (Lipinski definition) is 2. The van der Waals surface area contributed by atoms with Crippen LogP contribution < -0.4 is 0 Å². The molecule has 0 aliphatic carbocycles. The van der Waals surface area contributed by atoms with Crippen molar-refractivity contribution in [1.29, 1.82) is 0 Å². The lowest BCUT2D eigenvalue weighted by Crippen LogP contribution is -2.39. The van der Waals surface area contributed by atoms with Gasteiger partial charge >= 0.3 is 0 Å². The van der Waals surface area contributed by atoms with Gasteiger partial charge in [0.1, 0.15) is 11.9 Å². The Bertz CT molecular complexity index is 1020. The number of aryl methyl sites for hydroxylation is 1. The summed E-state index contributed by atoms with van der Waals surface area (Å²) in [6, 6.07) is 6.00. The van der Waals surface area contributed by atoms with E-state index in [1.165, 1.54) is 11.3 Å². The van der Waals surface area contributed by atoms with E-state index in [4.69, 9.17) is 4.74 Å². The normalized spacial score (nSPS) is 16.3. The van der Waals surface area contributed by atoms with Gasteiger partial charge in [-0.3, -0.25) is 4.79 Å². The summed E-state index contributed by atoms with van der Waals surface area (Å²) in [6.07, 6.45) is 4.30. The van der Waals surface area contributed by atoms with Gasteiger partial charge in [0.05, 0.1) is 6.61 Å². The second-order valence-corrected chi connectivity index (χ2v) is 8.14. The summed E-state index contributed by atoms with van der Waals surface area (Å²) in [5.41, 5.74) is 4.27. The van der Waals surface area contributed by atoms with Crippen LogP contribution in [-0.4, -0.2) is 57.3 Å². The average molecular weight is 411 g/mol. The van der Waals surface area contributed by atoms with Crippen LogP contribution in [0.4, 0.5) is 0 Å². The third-order valence-electron chi connectivity index (χ3n) is 6.48. The van der Waals surface area contributed by atoms with Gasteiger partial charge in [-0.1, -0.05) is 0 Å². The van der Waals surface area contributed by atoms with Crippen molar-refractivity contribution < 1.29 is 14.6 Å². The molecule has 160 valence electrons. The number of fused-ring (bicyclic) bond motifs is 1. The molecule has 3 heterocycles. The average Bonchev–Trinajstić information content (AvgIpc) is 3.39.